The summed E-state index contributed by atoms with van der Waals surface area (Å²) in [5, 5.41) is 20.0. The number of aromatic amines is 1. The monoisotopic (exact) mass is 1010 g/mol. The van der Waals surface area contributed by atoms with E-state index in [4.69, 9.17) is 9.47 Å². The Hall–Kier alpha value is -6.48. The first-order valence-corrected chi connectivity index (χ1v) is 26.1. The minimum Gasteiger partial charge on any atom is -0.455 e. The van der Waals surface area contributed by atoms with Crippen LogP contribution in [0.15, 0.2) is 96.4 Å². The van der Waals surface area contributed by atoms with Gasteiger partial charge >= 0.3 is 0 Å². The van der Waals surface area contributed by atoms with Crippen molar-refractivity contribution >= 4 is 44.0 Å². The number of halogens is 2. The van der Waals surface area contributed by atoms with Crippen molar-refractivity contribution < 1.29 is 36.4 Å². The van der Waals surface area contributed by atoms with Crippen molar-refractivity contribution in [2.45, 2.75) is 87.5 Å². The molecule has 4 fully saturated rings. The van der Waals surface area contributed by atoms with E-state index >= 15 is 8.78 Å². The molecule has 380 valence electrons. The summed E-state index contributed by atoms with van der Waals surface area (Å²) in [4.78, 5) is 39.4. The molecule has 0 radical (unpaired) electrons. The number of benzene rings is 3. The van der Waals surface area contributed by atoms with Crippen LogP contribution in [0.5, 0.6) is 11.5 Å². The van der Waals surface area contributed by atoms with E-state index in [9.17, 15) is 23.3 Å². The van der Waals surface area contributed by atoms with Gasteiger partial charge in [-0.05, 0) is 78.5 Å². The summed E-state index contributed by atoms with van der Waals surface area (Å²) in [6, 6.07) is 18.4. The fourth-order valence-corrected chi connectivity index (χ4v) is 12.2. The number of aromatic nitrogens is 4. The number of pyridine rings is 1. The summed E-state index contributed by atoms with van der Waals surface area (Å²) in [5.74, 6) is -1.48. The standard InChI is InChI=1S/C52H60F2N10O7S/c1-34(2)40-6-4-5-7-41(40)47-32-61(31-35-28-58-60(3)30-35)18-19-63(47)37-26-51(27-37)11-16-62(17-12-51)45-25-48(71-38-22-36-10-15-55-49(36)56-29-38)42(24-43(45)53)50(65)59-72(68,69)39-8-9-44(46(23-39)64(66)67)57-33-52(54)13-20-70-21-14-52/h4-10,15,22-25,28-30,34,37,47,57H,11-14,16-21,26-27,31-33H2,1-3H3,(H,55,56)(H,59,65). The van der Waals surface area contributed by atoms with Gasteiger partial charge in [0.25, 0.3) is 21.6 Å². The molecule has 3 aromatic heterocycles. The normalized spacial score (nSPS) is 19.6. The lowest BCUT2D eigenvalue weighted by molar-refractivity contribution is -0.384. The minimum atomic E-state index is -4.78. The van der Waals surface area contributed by atoms with Crippen LogP contribution in [0.2, 0.25) is 0 Å². The van der Waals surface area contributed by atoms with Crippen molar-refractivity contribution in [1.29, 1.82) is 0 Å². The number of anilines is 2. The number of rotatable bonds is 15. The van der Waals surface area contributed by atoms with Crippen LogP contribution in [0.3, 0.4) is 0 Å². The zero-order chi connectivity index (χ0) is 50.4. The van der Waals surface area contributed by atoms with Gasteiger partial charge in [-0.1, -0.05) is 38.1 Å². The fourth-order valence-electron chi connectivity index (χ4n) is 11.2. The summed E-state index contributed by atoms with van der Waals surface area (Å²) in [5.41, 5.74) is 2.03. The zero-order valence-electron chi connectivity index (χ0n) is 40.7. The first-order chi connectivity index (χ1) is 34.5. The molecule has 3 aromatic carbocycles. The Labute approximate surface area is 417 Å². The van der Waals surface area contributed by atoms with Gasteiger partial charge in [0, 0.05) is 126 Å². The molecule has 1 atom stereocenters. The zero-order valence-corrected chi connectivity index (χ0v) is 41.5. The lowest BCUT2D eigenvalue weighted by atomic mass is 9.59. The Morgan fingerprint density at radius 2 is 1.79 bits per heavy atom. The van der Waals surface area contributed by atoms with Crippen LogP contribution < -0.4 is 19.7 Å². The topological polar surface area (TPSA) is 193 Å². The minimum absolute atomic E-state index is 0.0965. The van der Waals surface area contributed by atoms with Gasteiger partial charge < -0.3 is 24.7 Å². The molecule has 6 heterocycles. The van der Waals surface area contributed by atoms with Gasteiger partial charge in [0.2, 0.25) is 0 Å². The maximum atomic E-state index is 16.5. The van der Waals surface area contributed by atoms with Crippen LogP contribution in [0, 0.1) is 21.3 Å². The van der Waals surface area contributed by atoms with Crippen LogP contribution in [0.1, 0.15) is 91.4 Å². The second-order valence-electron chi connectivity index (χ2n) is 20.3. The summed E-state index contributed by atoms with van der Waals surface area (Å²) < 4.78 is 74.7. The number of hydrogen-bond acceptors (Lipinski definition) is 13. The summed E-state index contributed by atoms with van der Waals surface area (Å²) in [6.45, 7) is 9.47. The molecule has 1 spiro atoms. The van der Waals surface area contributed by atoms with Crippen molar-refractivity contribution in [1.82, 2.24) is 34.3 Å². The van der Waals surface area contributed by atoms with Gasteiger partial charge in [0.05, 0.1) is 33.5 Å². The number of nitrogens with zero attached hydrogens (tertiary/aromatic N) is 7. The molecule has 72 heavy (non-hydrogen) atoms. The van der Waals surface area contributed by atoms with Crippen molar-refractivity contribution in [3.8, 4) is 11.5 Å². The van der Waals surface area contributed by atoms with Crippen molar-refractivity contribution in [3.05, 3.63) is 130 Å². The number of carbonyl (C=O) groups excluding carboxylic acids is 1. The van der Waals surface area contributed by atoms with E-state index in [2.05, 4.69) is 74.5 Å². The fraction of sp³-hybridized carbons (Fsp3) is 0.442. The van der Waals surface area contributed by atoms with E-state index in [1.54, 1.807) is 18.3 Å². The predicted molar refractivity (Wildman–Crippen MR) is 268 cm³/mol. The Kier molecular flexibility index (Phi) is 13.5. The van der Waals surface area contributed by atoms with E-state index in [1.165, 1.54) is 29.0 Å². The molecule has 6 aromatic rings. The third-order valence-corrected chi connectivity index (χ3v) is 16.5. The molecule has 10 rings (SSSR count). The number of sulfonamides is 1. The van der Waals surface area contributed by atoms with Gasteiger partial charge in [-0.15, -0.1) is 0 Å². The second kappa shape index (κ2) is 19.8. The largest absolute Gasteiger partial charge is 0.455 e. The highest BCUT2D eigenvalue weighted by molar-refractivity contribution is 7.90. The van der Waals surface area contributed by atoms with Crippen molar-refractivity contribution in [2.75, 3.05) is 62.7 Å². The number of H-pyrrole nitrogens is 1. The molecular weight excluding hydrogens is 947 g/mol. The molecular formula is C52H60F2N10O7S. The Morgan fingerprint density at radius 1 is 1.01 bits per heavy atom. The number of fused-ring (bicyclic) bond motifs is 1. The van der Waals surface area contributed by atoms with Crippen LogP contribution in [0.4, 0.5) is 25.8 Å². The first kappa shape index (κ1) is 49.1. The summed E-state index contributed by atoms with van der Waals surface area (Å²) in [6.07, 6.45) is 11.1. The lowest BCUT2D eigenvalue weighted by Gasteiger charge is -2.58. The molecule has 4 aliphatic rings. The molecule has 1 amide bonds. The number of alkyl halides is 1. The number of nitro benzene ring substituents is 1. The highest BCUT2D eigenvalue weighted by atomic mass is 32.2. The molecule has 3 aliphatic heterocycles. The van der Waals surface area contributed by atoms with Crippen LogP contribution in [-0.2, 0) is 28.4 Å². The van der Waals surface area contributed by atoms with Crippen molar-refractivity contribution in [2.24, 2.45) is 12.5 Å². The quantitative estimate of drug-likeness (QED) is 0.0655. The summed E-state index contributed by atoms with van der Waals surface area (Å²) >= 11 is 0. The number of aryl methyl sites for hydroxylation is 1. The average Bonchev–Trinajstić information content (AvgIpc) is 4.01. The van der Waals surface area contributed by atoms with E-state index in [0.717, 1.165) is 76.1 Å². The van der Waals surface area contributed by atoms with Crippen molar-refractivity contribution in [3.63, 3.8) is 0 Å². The van der Waals surface area contributed by atoms with E-state index in [1.807, 2.05) is 27.5 Å². The van der Waals surface area contributed by atoms with Gasteiger partial charge in [-0.2, -0.15) is 5.10 Å². The van der Waals surface area contributed by atoms with Gasteiger partial charge in [-0.25, -0.2) is 26.9 Å². The SMILES string of the molecule is CC(C)c1ccccc1C1CN(Cc2cnn(C)c2)CCN1C1CC2(CCN(c3cc(Oc4cnc5[nH]ccc5c4)c(C(=O)NS(=O)(=O)c4ccc(NCC5(F)CCOCC5)c([N+](=O)[O-])c4)cc3F)CC2)C1. The molecule has 0 bridgehead atoms. The highest BCUT2D eigenvalue weighted by Crippen LogP contribution is 2.53. The number of piperidine rings is 1. The molecule has 1 saturated carbocycles. The smallest absolute Gasteiger partial charge is 0.293 e. The number of piperazine rings is 1. The number of amides is 1. The third kappa shape index (κ3) is 10.3. The number of nitro groups is 1. The number of carbonyl (C=O) groups is 1. The summed E-state index contributed by atoms with van der Waals surface area (Å²) in [7, 11) is -2.83. The molecule has 3 N–H and O–H groups in total. The average molecular weight is 1010 g/mol. The Balaban J connectivity index is 0.856. The number of nitrogens with one attached hydrogen (secondary N) is 3. The molecule has 1 aliphatic carbocycles. The second-order valence-corrected chi connectivity index (χ2v) is 22.0. The first-order valence-electron chi connectivity index (χ1n) is 24.6. The maximum Gasteiger partial charge on any atom is 0.293 e. The molecule has 3 saturated heterocycles. The van der Waals surface area contributed by atoms with Gasteiger partial charge in [0.15, 0.2) is 0 Å². The van der Waals surface area contributed by atoms with Gasteiger partial charge in [-0.3, -0.25) is 29.4 Å². The number of ether oxygens (including phenoxy) is 2. The van der Waals surface area contributed by atoms with Crippen LogP contribution in [0.25, 0.3) is 11.0 Å². The van der Waals surface area contributed by atoms with E-state index in [0.29, 0.717) is 36.1 Å². The van der Waals surface area contributed by atoms with E-state index < -0.39 is 48.5 Å². The van der Waals surface area contributed by atoms with Gasteiger partial charge in [0.1, 0.15) is 34.3 Å². The van der Waals surface area contributed by atoms with Crippen LogP contribution >= 0.6 is 0 Å². The van der Waals surface area contributed by atoms with Crippen LogP contribution in [-0.4, -0.2) is 113 Å². The molecule has 20 heteroatoms. The van der Waals surface area contributed by atoms with E-state index in [-0.39, 0.29) is 66.9 Å². The third-order valence-electron chi connectivity index (χ3n) is 15.2. The molecule has 1 unspecified atom stereocenters. The molecule has 17 nitrogen and oxygen atoms in total. The predicted octanol–water partition coefficient (Wildman–Crippen LogP) is 8.62. The Morgan fingerprint density at radius 3 is 2.53 bits per heavy atom. The maximum absolute atomic E-state index is 16.5. The highest BCUT2D eigenvalue weighted by Gasteiger charge is 2.50. The number of hydrogen-bond donors (Lipinski definition) is 3. The lowest BCUT2D eigenvalue weighted by Crippen LogP contribution is -2.60. The Bertz CT molecular complexity index is 3090.